The standard InChI is InChI=1S/C22H22N6O3/c29-21(19-14-16-6-4-5-9-18(16)22(30)31-19)27-12-10-26(11-13-27)15-20-23-24-25-28(20)17-7-2-1-3-8-17/h1-9,19H,10-15H2. The Balaban J connectivity index is 1.20. The van der Waals surface area contributed by atoms with E-state index in [2.05, 4.69) is 20.4 Å². The summed E-state index contributed by atoms with van der Waals surface area (Å²) in [4.78, 5) is 29.2. The fraction of sp³-hybridized carbons (Fsp3) is 0.318. The first-order valence-corrected chi connectivity index (χ1v) is 10.3. The van der Waals surface area contributed by atoms with Gasteiger partial charge in [0.25, 0.3) is 5.91 Å². The zero-order valence-corrected chi connectivity index (χ0v) is 16.9. The Bertz CT molecular complexity index is 1090. The normalized spacial score (nSPS) is 19.0. The molecule has 9 nitrogen and oxygen atoms in total. The molecule has 1 aromatic heterocycles. The highest BCUT2D eigenvalue weighted by Crippen LogP contribution is 2.22. The maximum absolute atomic E-state index is 13.0. The van der Waals surface area contributed by atoms with Gasteiger partial charge in [-0.25, -0.2) is 4.79 Å². The molecule has 31 heavy (non-hydrogen) atoms. The predicted octanol–water partition coefficient (Wildman–Crippen LogP) is 1.09. The topological polar surface area (TPSA) is 93.5 Å². The van der Waals surface area contributed by atoms with Crippen molar-refractivity contribution in [3.63, 3.8) is 0 Å². The van der Waals surface area contributed by atoms with Gasteiger partial charge in [0.05, 0.1) is 17.8 Å². The van der Waals surface area contributed by atoms with Crippen molar-refractivity contribution in [1.29, 1.82) is 0 Å². The molecular weight excluding hydrogens is 396 g/mol. The number of carbonyl (C=O) groups excluding carboxylic acids is 2. The number of fused-ring (bicyclic) bond motifs is 1. The molecule has 0 saturated carbocycles. The lowest BCUT2D eigenvalue weighted by Crippen LogP contribution is -2.53. The highest BCUT2D eigenvalue weighted by atomic mass is 16.5. The Labute approximate surface area is 179 Å². The number of hydrogen-bond acceptors (Lipinski definition) is 7. The summed E-state index contributed by atoms with van der Waals surface area (Å²) >= 11 is 0. The van der Waals surface area contributed by atoms with Crippen LogP contribution < -0.4 is 0 Å². The minimum atomic E-state index is -0.751. The van der Waals surface area contributed by atoms with Crippen LogP contribution in [-0.4, -0.2) is 74.2 Å². The number of ether oxygens (including phenoxy) is 1. The molecule has 3 aromatic rings. The summed E-state index contributed by atoms with van der Waals surface area (Å²) in [5.74, 6) is 0.201. The molecule has 1 atom stereocenters. The Morgan fingerprint density at radius 3 is 2.55 bits per heavy atom. The van der Waals surface area contributed by atoms with Gasteiger partial charge in [0, 0.05) is 32.6 Å². The third kappa shape index (κ3) is 3.91. The monoisotopic (exact) mass is 418 g/mol. The fourth-order valence-corrected chi connectivity index (χ4v) is 4.07. The first kappa shape index (κ1) is 19.4. The minimum absolute atomic E-state index is 0.128. The highest BCUT2D eigenvalue weighted by molar-refractivity contribution is 5.95. The number of esters is 1. The van der Waals surface area contributed by atoms with E-state index in [4.69, 9.17) is 4.74 Å². The molecule has 0 radical (unpaired) electrons. The molecular formula is C22H22N6O3. The van der Waals surface area contributed by atoms with Crippen LogP contribution in [0.3, 0.4) is 0 Å². The Morgan fingerprint density at radius 2 is 1.74 bits per heavy atom. The molecule has 9 heteroatoms. The summed E-state index contributed by atoms with van der Waals surface area (Å²) in [7, 11) is 0. The van der Waals surface area contributed by atoms with Gasteiger partial charge in [0.15, 0.2) is 11.9 Å². The van der Waals surface area contributed by atoms with Gasteiger partial charge in [-0.2, -0.15) is 4.68 Å². The largest absolute Gasteiger partial charge is 0.448 e. The van der Waals surface area contributed by atoms with E-state index < -0.39 is 12.1 Å². The maximum Gasteiger partial charge on any atom is 0.339 e. The summed E-state index contributed by atoms with van der Waals surface area (Å²) in [6, 6.07) is 17.1. The first-order valence-electron chi connectivity index (χ1n) is 10.3. The van der Waals surface area contributed by atoms with Gasteiger partial charge >= 0.3 is 5.97 Å². The number of piperazine rings is 1. The van der Waals surface area contributed by atoms with Crippen molar-refractivity contribution in [1.82, 2.24) is 30.0 Å². The third-order valence-electron chi connectivity index (χ3n) is 5.75. The second-order valence-electron chi connectivity index (χ2n) is 7.70. The lowest BCUT2D eigenvalue weighted by atomic mass is 9.98. The Kier molecular flexibility index (Phi) is 5.17. The summed E-state index contributed by atoms with van der Waals surface area (Å²) < 4.78 is 7.16. The molecule has 1 unspecified atom stereocenters. The van der Waals surface area contributed by atoms with Crippen molar-refractivity contribution in [2.24, 2.45) is 0 Å². The number of benzene rings is 2. The molecule has 2 aliphatic heterocycles. The van der Waals surface area contributed by atoms with Gasteiger partial charge in [0.2, 0.25) is 0 Å². The number of cyclic esters (lactones) is 1. The predicted molar refractivity (Wildman–Crippen MR) is 110 cm³/mol. The van der Waals surface area contributed by atoms with E-state index in [-0.39, 0.29) is 5.91 Å². The number of hydrogen-bond donors (Lipinski definition) is 0. The summed E-state index contributed by atoms with van der Waals surface area (Å²) in [6.45, 7) is 3.13. The van der Waals surface area contributed by atoms with E-state index in [0.29, 0.717) is 44.7 Å². The molecule has 0 N–H and O–H groups in total. The van der Waals surface area contributed by atoms with Crippen LogP contribution in [0.25, 0.3) is 5.69 Å². The van der Waals surface area contributed by atoms with Gasteiger partial charge in [-0.05, 0) is 34.2 Å². The first-order chi connectivity index (χ1) is 15.2. The van der Waals surface area contributed by atoms with Crippen LogP contribution in [0.1, 0.15) is 21.7 Å². The zero-order chi connectivity index (χ0) is 21.2. The van der Waals surface area contributed by atoms with Crippen LogP contribution in [0.15, 0.2) is 54.6 Å². The fourth-order valence-electron chi connectivity index (χ4n) is 4.07. The molecule has 2 aromatic carbocycles. The average Bonchev–Trinajstić information content (AvgIpc) is 3.28. The summed E-state index contributed by atoms with van der Waals surface area (Å²) in [6.07, 6.45) is -0.327. The van der Waals surface area contributed by atoms with E-state index in [1.54, 1.807) is 21.7 Å². The molecule has 2 aliphatic rings. The van der Waals surface area contributed by atoms with Crippen LogP contribution in [0, 0.1) is 0 Å². The average molecular weight is 418 g/mol. The number of para-hydroxylation sites is 1. The molecule has 5 rings (SSSR count). The second kappa shape index (κ2) is 8.27. The van der Waals surface area contributed by atoms with E-state index in [1.165, 1.54) is 0 Å². The smallest absolute Gasteiger partial charge is 0.339 e. The zero-order valence-electron chi connectivity index (χ0n) is 16.9. The number of carbonyl (C=O) groups is 2. The van der Waals surface area contributed by atoms with E-state index in [9.17, 15) is 9.59 Å². The lowest BCUT2D eigenvalue weighted by Gasteiger charge is -2.36. The van der Waals surface area contributed by atoms with Crippen molar-refractivity contribution in [2.45, 2.75) is 19.1 Å². The number of amides is 1. The van der Waals surface area contributed by atoms with Crippen molar-refractivity contribution in [3.8, 4) is 5.69 Å². The van der Waals surface area contributed by atoms with Crippen LogP contribution in [0.2, 0.25) is 0 Å². The van der Waals surface area contributed by atoms with Gasteiger partial charge in [-0.1, -0.05) is 36.4 Å². The van der Waals surface area contributed by atoms with Crippen LogP contribution in [0.5, 0.6) is 0 Å². The molecule has 158 valence electrons. The van der Waals surface area contributed by atoms with Gasteiger partial charge in [0.1, 0.15) is 0 Å². The second-order valence-corrected chi connectivity index (χ2v) is 7.70. The van der Waals surface area contributed by atoms with Crippen molar-refractivity contribution in [3.05, 3.63) is 71.5 Å². The molecule has 0 bridgehead atoms. The number of aromatic nitrogens is 4. The van der Waals surface area contributed by atoms with Crippen molar-refractivity contribution in [2.75, 3.05) is 26.2 Å². The van der Waals surface area contributed by atoms with Gasteiger partial charge < -0.3 is 9.64 Å². The van der Waals surface area contributed by atoms with Crippen molar-refractivity contribution < 1.29 is 14.3 Å². The van der Waals surface area contributed by atoms with Crippen LogP contribution in [-0.2, 0) is 22.5 Å². The Morgan fingerprint density at radius 1 is 1.00 bits per heavy atom. The quantitative estimate of drug-likeness (QED) is 0.586. The summed E-state index contributed by atoms with van der Waals surface area (Å²) in [5, 5.41) is 12.1. The minimum Gasteiger partial charge on any atom is -0.448 e. The summed E-state index contributed by atoms with van der Waals surface area (Å²) in [5.41, 5.74) is 2.33. The molecule has 0 aliphatic carbocycles. The van der Waals surface area contributed by atoms with E-state index in [1.807, 2.05) is 42.5 Å². The number of rotatable bonds is 4. The Hall–Kier alpha value is -3.59. The number of nitrogens with zero attached hydrogens (tertiary/aromatic N) is 6. The van der Waals surface area contributed by atoms with Crippen LogP contribution >= 0.6 is 0 Å². The molecule has 1 fully saturated rings. The third-order valence-corrected chi connectivity index (χ3v) is 5.75. The van der Waals surface area contributed by atoms with Crippen LogP contribution in [0.4, 0.5) is 0 Å². The molecule has 1 saturated heterocycles. The molecule has 3 heterocycles. The van der Waals surface area contributed by atoms with Crippen molar-refractivity contribution >= 4 is 11.9 Å². The van der Waals surface area contributed by atoms with E-state index >= 15 is 0 Å². The molecule has 1 amide bonds. The van der Waals surface area contributed by atoms with Gasteiger partial charge in [-0.3, -0.25) is 9.69 Å². The SMILES string of the molecule is O=C1OC(C(=O)N2CCN(Cc3nnnn3-c3ccccc3)CC2)Cc2ccccc21. The highest BCUT2D eigenvalue weighted by Gasteiger charge is 2.35. The van der Waals surface area contributed by atoms with E-state index in [0.717, 1.165) is 17.1 Å². The number of tetrazole rings is 1. The molecule has 0 spiro atoms. The maximum atomic E-state index is 13.0. The van der Waals surface area contributed by atoms with Gasteiger partial charge in [-0.15, -0.1) is 5.10 Å². The lowest BCUT2D eigenvalue weighted by molar-refractivity contribution is -0.143.